The highest BCUT2D eigenvalue weighted by molar-refractivity contribution is 5.42. The zero-order chi connectivity index (χ0) is 18.2. The molecule has 136 valence electrons. The Morgan fingerprint density at radius 1 is 0.880 bits per heavy atom. The molecule has 4 N–H and O–H groups in total. The van der Waals surface area contributed by atoms with Gasteiger partial charge < -0.3 is 25.4 Å². The van der Waals surface area contributed by atoms with Crippen molar-refractivity contribution in [1.29, 1.82) is 0 Å². The van der Waals surface area contributed by atoms with E-state index in [4.69, 9.17) is 15.2 Å². The van der Waals surface area contributed by atoms with Crippen LogP contribution in [-0.2, 0) is 13.1 Å². The topological polar surface area (TPSA) is 88.2 Å². The summed E-state index contributed by atoms with van der Waals surface area (Å²) in [5, 5.41) is 19.5. The second-order valence-corrected chi connectivity index (χ2v) is 5.87. The monoisotopic (exact) mass is 346 g/mol. The van der Waals surface area contributed by atoms with Crippen molar-refractivity contribution in [3.8, 4) is 23.0 Å². The van der Waals surface area contributed by atoms with E-state index in [1.807, 2.05) is 24.3 Å². The first kappa shape index (κ1) is 18.9. The molecule has 6 nitrogen and oxygen atoms in total. The number of benzene rings is 2. The Kier molecular flexibility index (Phi) is 6.91. The Morgan fingerprint density at radius 2 is 1.36 bits per heavy atom. The van der Waals surface area contributed by atoms with Crippen molar-refractivity contribution in [2.45, 2.75) is 19.5 Å². The summed E-state index contributed by atoms with van der Waals surface area (Å²) in [4.78, 5) is 2.25. The molecule has 6 heteroatoms. The number of methoxy groups -OCH3 is 2. The molecule has 0 fully saturated rings. The van der Waals surface area contributed by atoms with E-state index in [9.17, 15) is 10.2 Å². The molecule has 2 rings (SSSR count). The smallest absolute Gasteiger partial charge is 0.160 e. The van der Waals surface area contributed by atoms with Crippen LogP contribution in [0.25, 0.3) is 0 Å². The van der Waals surface area contributed by atoms with Gasteiger partial charge in [-0.1, -0.05) is 12.1 Å². The minimum atomic E-state index is 0.128. The summed E-state index contributed by atoms with van der Waals surface area (Å²) in [6, 6.07) is 10.7. The SMILES string of the molecule is COc1cc(CN(CCCN)Cc2ccc(O)c(OC)c2)ccc1O. The van der Waals surface area contributed by atoms with Crippen LogP contribution in [0.1, 0.15) is 17.5 Å². The lowest BCUT2D eigenvalue weighted by Gasteiger charge is -2.23. The summed E-state index contributed by atoms with van der Waals surface area (Å²) in [5.74, 6) is 1.18. The lowest BCUT2D eigenvalue weighted by molar-refractivity contribution is 0.253. The summed E-state index contributed by atoms with van der Waals surface area (Å²) < 4.78 is 10.4. The number of phenolic OH excluding ortho intramolecular Hbond substituents is 2. The molecule has 0 atom stereocenters. The first-order valence-corrected chi connectivity index (χ1v) is 8.21. The summed E-state index contributed by atoms with van der Waals surface area (Å²) in [6.45, 7) is 2.84. The Bertz CT molecular complexity index is 636. The van der Waals surface area contributed by atoms with Gasteiger partial charge in [0, 0.05) is 19.6 Å². The van der Waals surface area contributed by atoms with E-state index in [2.05, 4.69) is 4.90 Å². The van der Waals surface area contributed by atoms with Crippen LogP contribution in [0.5, 0.6) is 23.0 Å². The van der Waals surface area contributed by atoms with Gasteiger partial charge in [0.1, 0.15) is 0 Å². The van der Waals surface area contributed by atoms with Crippen LogP contribution in [0.2, 0.25) is 0 Å². The molecule has 0 saturated heterocycles. The molecule has 0 heterocycles. The zero-order valence-corrected chi connectivity index (χ0v) is 14.7. The van der Waals surface area contributed by atoms with Crippen LogP contribution < -0.4 is 15.2 Å². The molecule has 2 aromatic rings. The molecule has 0 aliphatic rings. The van der Waals surface area contributed by atoms with Gasteiger partial charge in [-0.25, -0.2) is 0 Å². The third kappa shape index (κ3) is 5.27. The summed E-state index contributed by atoms with van der Waals surface area (Å²) >= 11 is 0. The number of aromatic hydroxyl groups is 2. The molecule has 0 aliphatic heterocycles. The second kappa shape index (κ2) is 9.15. The average molecular weight is 346 g/mol. The fourth-order valence-electron chi connectivity index (χ4n) is 2.69. The minimum Gasteiger partial charge on any atom is -0.504 e. The van der Waals surface area contributed by atoms with E-state index in [0.29, 0.717) is 31.1 Å². The van der Waals surface area contributed by atoms with E-state index in [1.54, 1.807) is 12.1 Å². The van der Waals surface area contributed by atoms with Crippen molar-refractivity contribution in [3.05, 3.63) is 47.5 Å². The summed E-state index contributed by atoms with van der Waals surface area (Å²) in [5.41, 5.74) is 7.74. The van der Waals surface area contributed by atoms with Gasteiger partial charge in [0.05, 0.1) is 14.2 Å². The van der Waals surface area contributed by atoms with Crippen molar-refractivity contribution < 1.29 is 19.7 Å². The van der Waals surface area contributed by atoms with Crippen molar-refractivity contribution in [3.63, 3.8) is 0 Å². The molecule has 25 heavy (non-hydrogen) atoms. The van der Waals surface area contributed by atoms with E-state index < -0.39 is 0 Å². The fraction of sp³-hybridized carbons (Fsp3) is 0.368. The number of rotatable bonds is 9. The third-order valence-corrected chi connectivity index (χ3v) is 3.98. The van der Waals surface area contributed by atoms with Crippen LogP contribution in [0.15, 0.2) is 36.4 Å². The van der Waals surface area contributed by atoms with Gasteiger partial charge in [-0.05, 0) is 48.4 Å². The minimum absolute atomic E-state index is 0.128. The van der Waals surface area contributed by atoms with E-state index in [-0.39, 0.29) is 11.5 Å². The highest BCUT2D eigenvalue weighted by atomic mass is 16.5. The van der Waals surface area contributed by atoms with Crippen molar-refractivity contribution >= 4 is 0 Å². The van der Waals surface area contributed by atoms with Crippen LogP contribution >= 0.6 is 0 Å². The lowest BCUT2D eigenvalue weighted by Crippen LogP contribution is -2.25. The second-order valence-electron chi connectivity index (χ2n) is 5.87. The van der Waals surface area contributed by atoms with Gasteiger partial charge in [0.25, 0.3) is 0 Å². The molecule has 0 saturated carbocycles. The molecule has 0 aliphatic carbocycles. The molecule has 0 aromatic heterocycles. The Morgan fingerprint density at radius 3 is 1.76 bits per heavy atom. The number of nitrogens with zero attached hydrogens (tertiary/aromatic N) is 1. The van der Waals surface area contributed by atoms with Gasteiger partial charge in [-0.3, -0.25) is 4.90 Å². The summed E-state index contributed by atoms with van der Waals surface area (Å²) in [6.07, 6.45) is 0.879. The van der Waals surface area contributed by atoms with Crippen molar-refractivity contribution in [1.82, 2.24) is 4.90 Å². The lowest BCUT2D eigenvalue weighted by atomic mass is 10.1. The van der Waals surface area contributed by atoms with Crippen molar-refractivity contribution in [2.75, 3.05) is 27.3 Å². The van der Waals surface area contributed by atoms with E-state index in [1.165, 1.54) is 14.2 Å². The normalized spacial score (nSPS) is 10.9. The largest absolute Gasteiger partial charge is 0.504 e. The highest BCUT2D eigenvalue weighted by Crippen LogP contribution is 2.29. The molecule has 2 aromatic carbocycles. The number of hydrogen-bond acceptors (Lipinski definition) is 6. The Labute approximate surface area is 148 Å². The van der Waals surface area contributed by atoms with Crippen LogP contribution in [0, 0.1) is 0 Å². The molecule has 0 bridgehead atoms. The van der Waals surface area contributed by atoms with Gasteiger partial charge in [0.15, 0.2) is 23.0 Å². The van der Waals surface area contributed by atoms with Gasteiger partial charge >= 0.3 is 0 Å². The average Bonchev–Trinajstić information content (AvgIpc) is 2.62. The molecule has 0 unspecified atom stereocenters. The number of phenols is 2. The predicted octanol–water partition coefficient (Wildman–Crippen LogP) is 2.47. The van der Waals surface area contributed by atoms with Gasteiger partial charge in [0.2, 0.25) is 0 Å². The first-order valence-electron chi connectivity index (χ1n) is 8.21. The maximum atomic E-state index is 9.74. The van der Waals surface area contributed by atoms with Crippen molar-refractivity contribution in [2.24, 2.45) is 5.73 Å². The molecular weight excluding hydrogens is 320 g/mol. The predicted molar refractivity (Wildman–Crippen MR) is 97.1 cm³/mol. The molecule has 0 radical (unpaired) electrons. The van der Waals surface area contributed by atoms with Crippen LogP contribution in [0.3, 0.4) is 0 Å². The first-order chi connectivity index (χ1) is 12.1. The highest BCUT2D eigenvalue weighted by Gasteiger charge is 2.11. The zero-order valence-electron chi connectivity index (χ0n) is 14.7. The summed E-state index contributed by atoms with van der Waals surface area (Å²) in [7, 11) is 3.07. The maximum Gasteiger partial charge on any atom is 0.160 e. The number of hydrogen-bond donors (Lipinski definition) is 3. The quantitative estimate of drug-likeness (QED) is 0.646. The van der Waals surface area contributed by atoms with Crippen LogP contribution in [0.4, 0.5) is 0 Å². The van der Waals surface area contributed by atoms with Gasteiger partial charge in [-0.15, -0.1) is 0 Å². The van der Waals surface area contributed by atoms with E-state index in [0.717, 1.165) is 24.1 Å². The Balaban J connectivity index is 2.15. The molecule has 0 spiro atoms. The molecule has 0 amide bonds. The third-order valence-electron chi connectivity index (χ3n) is 3.98. The number of ether oxygens (including phenoxy) is 2. The van der Waals surface area contributed by atoms with E-state index >= 15 is 0 Å². The maximum absolute atomic E-state index is 9.74. The Hall–Kier alpha value is -2.44. The fourth-order valence-corrected chi connectivity index (χ4v) is 2.69. The number of nitrogens with two attached hydrogens (primary N) is 1. The standard InChI is InChI=1S/C19H26N2O4/c1-24-18-10-14(4-6-16(18)22)12-21(9-3-8-20)13-15-5-7-17(23)19(11-15)25-2/h4-7,10-11,22-23H,3,8-9,12-13,20H2,1-2H3. The molecular formula is C19H26N2O4. The van der Waals surface area contributed by atoms with Gasteiger partial charge in [-0.2, -0.15) is 0 Å². The van der Waals surface area contributed by atoms with Crippen LogP contribution in [-0.4, -0.2) is 42.4 Å².